The van der Waals surface area contributed by atoms with Gasteiger partial charge in [0.15, 0.2) is 5.82 Å². The Labute approximate surface area is 145 Å². The summed E-state index contributed by atoms with van der Waals surface area (Å²) in [4.78, 5) is 19.0. The van der Waals surface area contributed by atoms with Crippen LogP contribution in [0.5, 0.6) is 0 Å². The van der Waals surface area contributed by atoms with Gasteiger partial charge in [-0.05, 0) is 56.5 Å². The van der Waals surface area contributed by atoms with E-state index in [2.05, 4.69) is 20.5 Å². The Morgan fingerprint density at radius 1 is 1.16 bits per heavy atom. The van der Waals surface area contributed by atoms with Gasteiger partial charge in [0.05, 0.1) is 6.04 Å². The highest BCUT2D eigenvalue weighted by atomic mass is 19.1. The van der Waals surface area contributed by atoms with Crippen LogP contribution in [-0.2, 0) is 4.79 Å². The van der Waals surface area contributed by atoms with Crippen molar-refractivity contribution in [1.29, 1.82) is 0 Å². The van der Waals surface area contributed by atoms with E-state index >= 15 is 0 Å². The monoisotopic (exact) mass is 343 g/mol. The van der Waals surface area contributed by atoms with Crippen molar-refractivity contribution >= 4 is 5.91 Å². The molecule has 1 unspecified atom stereocenters. The third-order valence-electron chi connectivity index (χ3n) is 5.16. The molecule has 2 fully saturated rings. The van der Waals surface area contributed by atoms with E-state index in [0.29, 0.717) is 5.82 Å². The van der Waals surface area contributed by atoms with Crippen molar-refractivity contribution in [3.63, 3.8) is 0 Å². The van der Waals surface area contributed by atoms with Gasteiger partial charge in [-0.15, -0.1) is 0 Å². The lowest BCUT2D eigenvalue weighted by atomic mass is 9.95. The molecular formula is C18H22FN5O. The van der Waals surface area contributed by atoms with E-state index < -0.39 is 0 Å². The second-order valence-corrected chi connectivity index (χ2v) is 6.80. The summed E-state index contributed by atoms with van der Waals surface area (Å²) >= 11 is 0. The molecule has 3 heterocycles. The van der Waals surface area contributed by atoms with E-state index in [-0.39, 0.29) is 23.7 Å². The Kier molecular flexibility index (Phi) is 4.48. The number of likely N-dealkylation sites (tertiary alicyclic amines) is 1. The van der Waals surface area contributed by atoms with Gasteiger partial charge in [0.2, 0.25) is 5.91 Å². The largest absolute Gasteiger partial charge is 0.341 e. The number of rotatable bonds is 3. The fraction of sp³-hybridized carbons (Fsp3) is 0.500. The molecule has 2 aromatic rings. The molecule has 0 saturated carbocycles. The number of carbonyl (C=O) groups excluding carboxylic acids is 1. The van der Waals surface area contributed by atoms with Gasteiger partial charge in [-0.25, -0.2) is 9.37 Å². The van der Waals surface area contributed by atoms with Gasteiger partial charge in [0, 0.05) is 24.6 Å². The molecule has 1 amide bonds. The van der Waals surface area contributed by atoms with E-state index in [1.807, 2.05) is 4.90 Å². The normalized spacial score (nSPS) is 21.6. The molecule has 132 valence electrons. The Hall–Kier alpha value is -2.28. The van der Waals surface area contributed by atoms with Crippen LogP contribution in [0.25, 0.3) is 11.4 Å². The molecule has 0 radical (unpaired) electrons. The van der Waals surface area contributed by atoms with Crippen molar-refractivity contribution in [2.24, 2.45) is 0 Å². The van der Waals surface area contributed by atoms with Gasteiger partial charge < -0.3 is 10.2 Å². The highest BCUT2D eigenvalue weighted by molar-refractivity contribution is 5.82. The number of aromatic amines is 1. The molecule has 2 N–H and O–H groups in total. The smallest absolute Gasteiger partial charge is 0.239 e. The number of aromatic nitrogens is 3. The number of carbonyl (C=O) groups is 1. The quantitative estimate of drug-likeness (QED) is 0.895. The lowest BCUT2D eigenvalue weighted by Gasteiger charge is -2.32. The maximum Gasteiger partial charge on any atom is 0.239 e. The molecule has 6 nitrogen and oxygen atoms in total. The highest BCUT2D eigenvalue weighted by Crippen LogP contribution is 2.27. The topological polar surface area (TPSA) is 73.9 Å². The summed E-state index contributed by atoms with van der Waals surface area (Å²) < 4.78 is 13.0. The fourth-order valence-corrected chi connectivity index (χ4v) is 3.67. The van der Waals surface area contributed by atoms with Crippen LogP contribution in [0.3, 0.4) is 0 Å². The predicted octanol–water partition coefficient (Wildman–Crippen LogP) is 2.07. The van der Waals surface area contributed by atoms with Crippen LogP contribution in [0.2, 0.25) is 0 Å². The van der Waals surface area contributed by atoms with Gasteiger partial charge >= 0.3 is 0 Å². The molecule has 0 aliphatic carbocycles. The Morgan fingerprint density at radius 2 is 1.92 bits per heavy atom. The van der Waals surface area contributed by atoms with Crippen LogP contribution in [0.15, 0.2) is 24.3 Å². The van der Waals surface area contributed by atoms with Crippen molar-refractivity contribution in [3.05, 3.63) is 35.9 Å². The number of halogens is 1. The fourth-order valence-electron chi connectivity index (χ4n) is 3.67. The maximum absolute atomic E-state index is 13.0. The summed E-state index contributed by atoms with van der Waals surface area (Å²) in [5.74, 6) is 1.69. The Balaban J connectivity index is 1.38. The summed E-state index contributed by atoms with van der Waals surface area (Å²) in [5, 5.41) is 10.6. The maximum atomic E-state index is 13.0. The summed E-state index contributed by atoms with van der Waals surface area (Å²) in [7, 11) is 0. The van der Waals surface area contributed by atoms with Gasteiger partial charge in [-0.2, -0.15) is 5.10 Å². The predicted molar refractivity (Wildman–Crippen MR) is 91.4 cm³/mol. The zero-order valence-electron chi connectivity index (χ0n) is 14.0. The van der Waals surface area contributed by atoms with Gasteiger partial charge in [-0.1, -0.05) is 0 Å². The summed E-state index contributed by atoms with van der Waals surface area (Å²) in [5.41, 5.74) is 0.795. The number of piperidine rings is 1. The van der Waals surface area contributed by atoms with E-state index in [1.54, 1.807) is 12.1 Å². The first-order valence-corrected chi connectivity index (χ1v) is 8.91. The number of amides is 1. The number of hydrogen-bond donors (Lipinski definition) is 2. The second kappa shape index (κ2) is 6.92. The SMILES string of the molecule is O=C(C1CCCN1)N1CCC(c2nc(-c3ccc(F)cc3)n[nH]2)CC1. The minimum absolute atomic E-state index is 0.00640. The van der Waals surface area contributed by atoms with Crippen molar-refractivity contribution in [3.8, 4) is 11.4 Å². The van der Waals surface area contributed by atoms with Crippen molar-refractivity contribution in [2.45, 2.75) is 37.6 Å². The molecule has 0 spiro atoms. The molecule has 2 aliphatic rings. The van der Waals surface area contributed by atoms with E-state index in [4.69, 9.17) is 0 Å². The number of benzene rings is 1. The average molecular weight is 343 g/mol. The number of hydrogen-bond acceptors (Lipinski definition) is 4. The standard InChI is InChI=1S/C18H22FN5O/c19-14-5-3-12(4-6-14)16-21-17(23-22-16)13-7-10-24(11-8-13)18(25)15-2-1-9-20-15/h3-6,13,15,20H,1-2,7-11H2,(H,21,22,23). The van der Waals surface area contributed by atoms with E-state index in [1.165, 1.54) is 12.1 Å². The summed E-state index contributed by atoms with van der Waals surface area (Å²) in [6.45, 7) is 2.46. The summed E-state index contributed by atoms with van der Waals surface area (Å²) in [6.07, 6.45) is 3.80. The molecule has 2 aliphatic heterocycles. The average Bonchev–Trinajstić information content (AvgIpc) is 3.34. The zero-order valence-corrected chi connectivity index (χ0v) is 14.0. The molecular weight excluding hydrogens is 321 g/mol. The third-order valence-corrected chi connectivity index (χ3v) is 5.16. The third kappa shape index (κ3) is 3.42. The van der Waals surface area contributed by atoms with Crippen molar-refractivity contribution < 1.29 is 9.18 Å². The first-order valence-electron chi connectivity index (χ1n) is 8.91. The first kappa shape index (κ1) is 16.2. The Morgan fingerprint density at radius 3 is 2.60 bits per heavy atom. The number of nitrogens with zero attached hydrogens (tertiary/aromatic N) is 3. The molecule has 1 aromatic heterocycles. The molecule has 7 heteroatoms. The minimum atomic E-state index is -0.270. The molecule has 1 aromatic carbocycles. The zero-order chi connectivity index (χ0) is 17.2. The van der Waals surface area contributed by atoms with Crippen LogP contribution in [-0.4, -0.2) is 51.7 Å². The molecule has 1 atom stereocenters. The number of nitrogens with one attached hydrogen (secondary N) is 2. The van der Waals surface area contributed by atoms with Crippen LogP contribution in [0, 0.1) is 5.82 Å². The minimum Gasteiger partial charge on any atom is -0.341 e. The molecule has 2 saturated heterocycles. The van der Waals surface area contributed by atoms with Gasteiger partial charge in [0.25, 0.3) is 0 Å². The second-order valence-electron chi connectivity index (χ2n) is 6.80. The highest BCUT2D eigenvalue weighted by Gasteiger charge is 2.31. The van der Waals surface area contributed by atoms with Crippen molar-refractivity contribution in [1.82, 2.24) is 25.4 Å². The number of H-pyrrole nitrogens is 1. The van der Waals surface area contributed by atoms with Crippen LogP contribution in [0.4, 0.5) is 4.39 Å². The van der Waals surface area contributed by atoms with Gasteiger partial charge in [-0.3, -0.25) is 9.89 Å². The summed E-state index contributed by atoms with van der Waals surface area (Å²) in [6, 6.07) is 6.18. The van der Waals surface area contributed by atoms with Crippen LogP contribution in [0.1, 0.15) is 37.4 Å². The van der Waals surface area contributed by atoms with E-state index in [0.717, 1.165) is 56.7 Å². The molecule has 25 heavy (non-hydrogen) atoms. The van der Waals surface area contributed by atoms with Gasteiger partial charge in [0.1, 0.15) is 11.6 Å². The van der Waals surface area contributed by atoms with Crippen LogP contribution >= 0.6 is 0 Å². The lowest BCUT2D eigenvalue weighted by molar-refractivity contribution is -0.134. The van der Waals surface area contributed by atoms with E-state index in [9.17, 15) is 9.18 Å². The lowest BCUT2D eigenvalue weighted by Crippen LogP contribution is -2.46. The Bertz CT molecular complexity index is 730. The first-order chi connectivity index (χ1) is 12.2. The molecule has 4 rings (SSSR count). The van der Waals surface area contributed by atoms with Crippen LogP contribution < -0.4 is 5.32 Å². The van der Waals surface area contributed by atoms with Crippen molar-refractivity contribution in [2.75, 3.05) is 19.6 Å². The molecule has 0 bridgehead atoms.